The number of nitrogens with two attached hydrogens (primary N) is 1. The van der Waals surface area contributed by atoms with Gasteiger partial charge in [-0.1, -0.05) is 11.3 Å². The van der Waals surface area contributed by atoms with Crippen molar-refractivity contribution in [1.82, 2.24) is 15.0 Å². The number of hydrogen-bond acceptors (Lipinski definition) is 6. The molecule has 0 aliphatic rings. The molecular weight excluding hydrogens is 284 g/mol. The van der Waals surface area contributed by atoms with E-state index in [9.17, 15) is 4.79 Å². The van der Waals surface area contributed by atoms with Crippen molar-refractivity contribution in [3.05, 3.63) is 35.7 Å². The summed E-state index contributed by atoms with van der Waals surface area (Å²) in [6.07, 6.45) is 0.737. The average molecular weight is 304 g/mol. The SMILES string of the molecule is CCOC(=O)c1nnn(CCCOc2cccc(N)c2)c1C. The zero-order valence-electron chi connectivity index (χ0n) is 12.8. The fourth-order valence-corrected chi connectivity index (χ4v) is 1.97. The quantitative estimate of drug-likeness (QED) is 0.476. The van der Waals surface area contributed by atoms with Gasteiger partial charge in [0, 0.05) is 24.7 Å². The number of benzene rings is 1. The Balaban J connectivity index is 1.83. The maximum Gasteiger partial charge on any atom is 0.360 e. The zero-order chi connectivity index (χ0) is 15.9. The molecule has 0 amide bonds. The van der Waals surface area contributed by atoms with Crippen LogP contribution in [0, 0.1) is 6.92 Å². The third-order valence-corrected chi connectivity index (χ3v) is 3.09. The van der Waals surface area contributed by atoms with Crippen molar-refractivity contribution in [2.24, 2.45) is 0 Å². The molecule has 0 fully saturated rings. The van der Waals surface area contributed by atoms with Gasteiger partial charge in [-0.3, -0.25) is 0 Å². The van der Waals surface area contributed by atoms with Crippen molar-refractivity contribution < 1.29 is 14.3 Å². The number of hydrogen-bond donors (Lipinski definition) is 1. The number of rotatable bonds is 7. The Hall–Kier alpha value is -2.57. The summed E-state index contributed by atoms with van der Waals surface area (Å²) in [5.41, 5.74) is 7.31. The molecule has 118 valence electrons. The molecule has 0 bridgehead atoms. The molecule has 0 unspecified atom stereocenters. The Morgan fingerprint density at radius 2 is 2.23 bits per heavy atom. The summed E-state index contributed by atoms with van der Waals surface area (Å²) >= 11 is 0. The Morgan fingerprint density at radius 3 is 2.95 bits per heavy atom. The fourth-order valence-electron chi connectivity index (χ4n) is 1.97. The molecule has 0 aliphatic carbocycles. The van der Waals surface area contributed by atoms with Gasteiger partial charge in [-0.2, -0.15) is 0 Å². The average Bonchev–Trinajstić information content (AvgIpc) is 2.85. The van der Waals surface area contributed by atoms with E-state index in [4.69, 9.17) is 15.2 Å². The van der Waals surface area contributed by atoms with Crippen LogP contribution in [0.25, 0.3) is 0 Å². The Kier molecular flexibility index (Phi) is 5.35. The van der Waals surface area contributed by atoms with Crippen LogP contribution in [0.3, 0.4) is 0 Å². The lowest BCUT2D eigenvalue weighted by Crippen LogP contribution is -2.10. The van der Waals surface area contributed by atoms with Gasteiger partial charge in [-0.25, -0.2) is 9.48 Å². The van der Waals surface area contributed by atoms with Crippen molar-refractivity contribution >= 4 is 11.7 Å². The van der Waals surface area contributed by atoms with Crippen molar-refractivity contribution in [1.29, 1.82) is 0 Å². The van der Waals surface area contributed by atoms with Gasteiger partial charge in [0.25, 0.3) is 0 Å². The molecule has 2 aromatic rings. The van der Waals surface area contributed by atoms with Crippen molar-refractivity contribution in [3.63, 3.8) is 0 Å². The molecular formula is C15H20N4O3. The minimum atomic E-state index is -0.442. The normalized spacial score (nSPS) is 10.5. The lowest BCUT2D eigenvalue weighted by Gasteiger charge is -2.07. The van der Waals surface area contributed by atoms with Gasteiger partial charge in [0.2, 0.25) is 0 Å². The lowest BCUT2D eigenvalue weighted by molar-refractivity contribution is 0.0518. The number of aromatic nitrogens is 3. The van der Waals surface area contributed by atoms with Crippen LogP contribution >= 0.6 is 0 Å². The predicted octanol–water partition coefficient (Wildman–Crippen LogP) is 1.81. The van der Waals surface area contributed by atoms with Gasteiger partial charge < -0.3 is 15.2 Å². The maximum atomic E-state index is 11.7. The van der Waals surface area contributed by atoms with Crippen molar-refractivity contribution in [3.8, 4) is 5.75 Å². The Morgan fingerprint density at radius 1 is 1.41 bits per heavy atom. The topological polar surface area (TPSA) is 92.3 Å². The van der Waals surface area contributed by atoms with Crippen LogP contribution in [-0.4, -0.2) is 34.2 Å². The maximum absolute atomic E-state index is 11.7. The summed E-state index contributed by atoms with van der Waals surface area (Å²) in [4.78, 5) is 11.7. The summed E-state index contributed by atoms with van der Waals surface area (Å²) in [6.45, 7) is 5.01. The predicted molar refractivity (Wildman–Crippen MR) is 81.7 cm³/mol. The molecule has 0 radical (unpaired) electrons. The number of anilines is 1. The third-order valence-electron chi connectivity index (χ3n) is 3.09. The molecule has 7 nitrogen and oxygen atoms in total. The van der Waals surface area contributed by atoms with Gasteiger partial charge in [0.05, 0.1) is 18.9 Å². The molecule has 0 saturated carbocycles. The molecule has 1 heterocycles. The summed E-state index contributed by atoms with van der Waals surface area (Å²) < 4.78 is 12.2. The zero-order valence-corrected chi connectivity index (χ0v) is 12.8. The van der Waals surface area contributed by atoms with Gasteiger partial charge in [0.1, 0.15) is 5.75 Å². The van der Waals surface area contributed by atoms with E-state index in [0.717, 1.165) is 12.2 Å². The Bertz CT molecular complexity index is 639. The van der Waals surface area contributed by atoms with Crippen LogP contribution in [-0.2, 0) is 11.3 Å². The lowest BCUT2D eigenvalue weighted by atomic mass is 10.3. The molecule has 0 atom stereocenters. The summed E-state index contributed by atoms with van der Waals surface area (Å²) in [5.74, 6) is 0.296. The number of nitrogens with zero attached hydrogens (tertiary/aromatic N) is 3. The van der Waals surface area contributed by atoms with Crippen LogP contribution < -0.4 is 10.5 Å². The number of nitrogen functional groups attached to an aromatic ring is 1. The molecule has 0 spiro atoms. The monoisotopic (exact) mass is 304 g/mol. The van der Waals surface area contributed by atoms with Gasteiger partial charge in [0.15, 0.2) is 5.69 Å². The van der Waals surface area contributed by atoms with E-state index in [-0.39, 0.29) is 5.69 Å². The molecule has 1 aromatic heterocycles. The summed E-state index contributed by atoms with van der Waals surface area (Å²) in [5, 5.41) is 7.83. The molecule has 22 heavy (non-hydrogen) atoms. The standard InChI is InChI=1S/C15H20N4O3/c1-3-21-15(20)14-11(2)19(18-17-14)8-5-9-22-13-7-4-6-12(16)10-13/h4,6-7,10H,3,5,8-9,16H2,1-2H3. The number of carbonyl (C=O) groups is 1. The smallest absolute Gasteiger partial charge is 0.360 e. The van der Waals surface area contributed by atoms with Gasteiger partial charge in [-0.15, -0.1) is 5.10 Å². The Labute approximate surface area is 129 Å². The summed E-state index contributed by atoms with van der Waals surface area (Å²) in [6, 6.07) is 7.29. The fraction of sp³-hybridized carbons (Fsp3) is 0.400. The number of aryl methyl sites for hydroxylation is 1. The minimum absolute atomic E-state index is 0.263. The third kappa shape index (κ3) is 3.97. The van der Waals surface area contributed by atoms with Gasteiger partial charge in [-0.05, 0) is 26.0 Å². The van der Waals surface area contributed by atoms with E-state index in [1.54, 1.807) is 24.6 Å². The second kappa shape index (κ2) is 7.44. The van der Waals surface area contributed by atoms with Crippen molar-refractivity contribution in [2.45, 2.75) is 26.8 Å². The highest BCUT2D eigenvalue weighted by molar-refractivity contribution is 5.88. The van der Waals surface area contributed by atoms with Crippen LogP contribution in [0.15, 0.2) is 24.3 Å². The van der Waals surface area contributed by atoms with Crippen LogP contribution in [0.4, 0.5) is 5.69 Å². The minimum Gasteiger partial charge on any atom is -0.493 e. The molecule has 2 N–H and O–H groups in total. The van der Waals surface area contributed by atoms with Crippen molar-refractivity contribution in [2.75, 3.05) is 18.9 Å². The highest BCUT2D eigenvalue weighted by atomic mass is 16.5. The van der Waals surface area contributed by atoms with Gasteiger partial charge >= 0.3 is 5.97 Å². The first-order chi connectivity index (χ1) is 10.6. The van der Waals surface area contributed by atoms with E-state index in [0.29, 0.717) is 31.1 Å². The van der Waals surface area contributed by atoms with E-state index >= 15 is 0 Å². The number of ether oxygens (including phenoxy) is 2. The largest absolute Gasteiger partial charge is 0.493 e. The number of carbonyl (C=O) groups excluding carboxylic acids is 1. The second-order valence-electron chi connectivity index (χ2n) is 4.74. The van der Waals surface area contributed by atoms with Crippen LogP contribution in [0.5, 0.6) is 5.75 Å². The first kappa shape index (κ1) is 15.8. The van der Waals surface area contributed by atoms with E-state index in [1.807, 2.05) is 18.2 Å². The number of esters is 1. The van der Waals surface area contributed by atoms with E-state index in [1.165, 1.54) is 0 Å². The molecule has 2 rings (SSSR count). The first-order valence-corrected chi connectivity index (χ1v) is 7.17. The highest BCUT2D eigenvalue weighted by Gasteiger charge is 2.17. The highest BCUT2D eigenvalue weighted by Crippen LogP contribution is 2.14. The summed E-state index contributed by atoms with van der Waals surface area (Å²) in [7, 11) is 0. The van der Waals surface area contributed by atoms with Crippen LogP contribution in [0.2, 0.25) is 0 Å². The molecule has 7 heteroatoms. The van der Waals surface area contributed by atoms with E-state index in [2.05, 4.69) is 10.3 Å². The molecule has 1 aromatic carbocycles. The molecule has 0 saturated heterocycles. The molecule has 0 aliphatic heterocycles. The first-order valence-electron chi connectivity index (χ1n) is 7.17. The second-order valence-corrected chi connectivity index (χ2v) is 4.74. The van der Waals surface area contributed by atoms with E-state index < -0.39 is 5.97 Å². The van der Waals surface area contributed by atoms with Crippen LogP contribution in [0.1, 0.15) is 29.5 Å².